The van der Waals surface area contributed by atoms with Crippen LogP contribution >= 0.6 is 0 Å². The molecule has 0 aromatic carbocycles. The Morgan fingerprint density at radius 1 is 1.08 bits per heavy atom. The minimum absolute atomic E-state index is 0.0968. The van der Waals surface area contributed by atoms with Crippen molar-refractivity contribution < 1.29 is 9.90 Å². The first-order valence-corrected chi connectivity index (χ1v) is 10.2. The normalized spacial score (nSPS) is 21.4. The van der Waals surface area contributed by atoms with Crippen molar-refractivity contribution >= 4 is 5.91 Å². The standard InChI is InChI=1S/C12H26N2O.C8H16N2O/c1-10(2)14-7-5-11(6-8-14)13-9-12(3,4)15;1-7(11)9-8-3-5-10(2)6-4-8/h10-11,13,15H,5-9H2,1-4H3;8H,3-6H2,1-2H3,(H,9,11). The topological polar surface area (TPSA) is 67.8 Å². The third kappa shape index (κ3) is 10.5. The van der Waals surface area contributed by atoms with Crippen molar-refractivity contribution in [3.63, 3.8) is 0 Å². The van der Waals surface area contributed by atoms with Crippen molar-refractivity contribution in [2.45, 2.75) is 84.0 Å². The lowest BCUT2D eigenvalue weighted by atomic mass is 10.0. The molecule has 0 unspecified atom stereocenters. The van der Waals surface area contributed by atoms with Crippen LogP contribution in [-0.4, -0.2) is 84.3 Å². The maximum absolute atomic E-state index is 10.7. The number of likely N-dealkylation sites (tertiary alicyclic amines) is 2. The number of nitrogens with one attached hydrogen (secondary N) is 2. The van der Waals surface area contributed by atoms with Crippen molar-refractivity contribution in [3.05, 3.63) is 0 Å². The van der Waals surface area contributed by atoms with Crippen LogP contribution in [0.1, 0.15) is 60.3 Å². The van der Waals surface area contributed by atoms with Gasteiger partial charge in [0.1, 0.15) is 0 Å². The van der Waals surface area contributed by atoms with Gasteiger partial charge in [0.15, 0.2) is 0 Å². The van der Waals surface area contributed by atoms with Gasteiger partial charge in [0.05, 0.1) is 5.60 Å². The van der Waals surface area contributed by atoms with Gasteiger partial charge in [-0.25, -0.2) is 0 Å². The van der Waals surface area contributed by atoms with E-state index >= 15 is 0 Å². The summed E-state index contributed by atoms with van der Waals surface area (Å²) in [5, 5.41) is 16.0. The average molecular weight is 371 g/mol. The molecule has 2 rings (SSSR count). The van der Waals surface area contributed by atoms with Gasteiger partial charge in [0, 0.05) is 31.6 Å². The number of piperidine rings is 2. The van der Waals surface area contributed by atoms with Crippen molar-refractivity contribution in [2.24, 2.45) is 0 Å². The van der Waals surface area contributed by atoms with Crippen molar-refractivity contribution in [2.75, 3.05) is 39.8 Å². The molecule has 0 bridgehead atoms. The monoisotopic (exact) mass is 370 g/mol. The summed E-state index contributed by atoms with van der Waals surface area (Å²) >= 11 is 0. The summed E-state index contributed by atoms with van der Waals surface area (Å²) in [7, 11) is 2.12. The zero-order chi connectivity index (χ0) is 19.7. The van der Waals surface area contributed by atoms with Gasteiger partial charge >= 0.3 is 0 Å². The molecule has 2 fully saturated rings. The molecule has 2 aliphatic heterocycles. The quantitative estimate of drug-likeness (QED) is 0.683. The van der Waals surface area contributed by atoms with E-state index in [1.165, 1.54) is 25.9 Å². The minimum Gasteiger partial charge on any atom is -0.389 e. The lowest BCUT2D eigenvalue weighted by Gasteiger charge is -2.35. The van der Waals surface area contributed by atoms with E-state index in [1.807, 2.05) is 13.8 Å². The molecule has 0 aromatic rings. The van der Waals surface area contributed by atoms with E-state index in [0.29, 0.717) is 24.7 Å². The number of hydrogen-bond acceptors (Lipinski definition) is 5. The van der Waals surface area contributed by atoms with Gasteiger partial charge in [-0.3, -0.25) is 4.79 Å². The third-order valence-corrected chi connectivity index (χ3v) is 5.21. The molecular weight excluding hydrogens is 328 g/mol. The van der Waals surface area contributed by atoms with Gasteiger partial charge in [0.2, 0.25) is 5.91 Å². The van der Waals surface area contributed by atoms with Gasteiger partial charge < -0.3 is 25.5 Å². The Bertz CT molecular complexity index is 393. The Balaban J connectivity index is 0.000000273. The van der Waals surface area contributed by atoms with Crippen molar-refractivity contribution in [3.8, 4) is 0 Å². The van der Waals surface area contributed by atoms with Crippen LogP contribution in [0.4, 0.5) is 0 Å². The lowest BCUT2D eigenvalue weighted by Crippen LogP contribution is -2.48. The molecule has 0 aromatic heterocycles. The van der Waals surface area contributed by atoms with Gasteiger partial charge in [-0.15, -0.1) is 0 Å². The van der Waals surface area contributed by atoms with Crippen LogP contribution in [-0.2, 0) is 4.79 Å². The molecule has 1 amide bonds. The molecule has 6 nitrogen and oxygen atoms in total. The van der Waals surface area contributed by atoms with Crippen LogP contribution in [0, 0.1) is 0 Å². The Hall–Kier alpha value is -0.690. The molecular formula is C20H42N4O2. The summed E-state index contributed by atoms with van der Waals surface area (Å²) in [6.07, 6.45) is 4.59. The van der Waals surface area contributed by atoms with E-state index in [0.717, 1.165) is 25.9 Å². The molecule has 0 radical (unpaired) electrons. The van der Waals surface area contributed by atoms with Crippen LogP contribution in [0.15, 0.2) is 0 Å². The van der Waals surface area contributed by atoms with Crippen molar-refractivity contribution in [1.82, 2.24) is 20.4 Å². The fraction of sp³-hybridized carbons (Fsp3) is 0.950. The Morgan fingerprint density at radius 3 is 2.00 bits per heavy atom. The Labute approximate surface area is 160 Å². The van der Waals surface area contributed by atoms with Crippen molar-refractivity contribution in [1.29, 1.82) is 0 Å². The minimum atomic E-state index is -0.588. The van der Waals surface area contributed by atoms with Crippen LogP contribution in [0.2, 0.25) is 0 Å². The number of hydrogen-bond donors (Lipinski definition) is 3. The first kappa shape index (κ1) is 23.3. The second kappa shape index (κ2) is 11.2. The average Bonchev–Trinajstić information content (AvgIpc) is 2.55. The van der Waals surface area contributed by atoms with E-state index in [2.05, 4.69) is 41.3 Å². The number of aliphatic hydroxyl groups is 1. The van der Waals surface area contributed by atoms with E-state index in [4.69, 9.17) is 0 Å². The number of rotatable bonds is 5. The molecule has 2 aliphatic rings. The van der Waals surface area contributed by atoms with Gasteiger partial charge in [-0.05, 0) is 86.6 Å². The van der Waals surface area contributed by atoms with E-state index in [-0.39, 0.29) is 5.91 Å². The molecule has 0 atom stereocenters. The zero-order valence-electron chi connectivity index (χ0n) is 17.8. The molecule has 6 heteroatoms. The van der Waals surface area contributed by atoms with E-state index < -0.39 is 5.60 Å². The maximum Gasteiger partial charge on any atom is 0.217 e. The Kier molecular flexibility index (Phi) is 10.1. The van der Waals surface area contributed by atoms with Gasteiger partial charge in [0.25, 0.3) is 0 Å². The predicted molar refractivity (Wildman–Crippen MR) is 108 cm³/mol. The van der Waals surface area contributed by atoms with E-state index in [9.17, 15) is 9.90 Å². The third-order valence-electron chi connectivity index (χ3n) is 5.21. The zero-order valence-corrected chi connectivity index (χ0v) is 17.8. The summed E-state index contributed by atoms with van der Waals surface area (Å²) in [6.45, 7) is 15.1. The molecule has 0 spiro atoms. The summed E-state index contributed by atoms with van der Waals surface area (Å²) < 4.78 is 0. The largest absolute Gasteiger partial charge is 0.389 e. The number of carbonyl (C=O) groups excluding carboxylic acids is 1. The molecule has 0 saturated carbocycles. The highest BCUT2D eigenvalue weighted by atomic mass is 16.3. The molecule has 2 heterocycles. The summed E-state index contributed by atoms with van der Waals surface area (Å²) in [6, 6.07) is 1.68. The maximum atomic E-state index is 10.7. The summed E-state index contributed by atoms with van der Waals surface area (Å²) in [5.74, 6) is 0.0968. The second-order valence-corrected chi connectivity index (χ2v) is 8.88. The highest BCUT2D eigenvalue weighted by Gasteiger charge is 2.22. The number of carbonyl (C=O) groups is 1. The highest BCUT2D eigenvalue weighted by molar-refractivity contribution is 5.73. The Morgan fingerprint density at radius 2 is 1.58 bits per heavy atom. The smallest absolute Gasteiger partial charge is 0.217 e. The van der Waals surface area contributed by atoms with Crippen LogP contribution in [0.3, 0.4) is 0 Å². The molecule has 0 aliphatic carbocycles. The molecule has 26 heavy (non-hydrogen) atoms. The second-order valence-electron chi connectivity index (χ2n) is 8.88. The molecule has 3 N–H and O–H groups in total. The fourth-order valence-electron chi connectivity index (χ4n) is 3.45. The molecule has 2 saturated heterocycles. The van der Waals surface area contributed by atoms with E-state index in [1.54, 1.807) is 6.92 Å². The summed E-state index contributed by atoms with van der Waals surface area (Å²) in [5.41, 5.74) is -0.588. The van der Waals surface area contributed by atoms with Crippen LogP contribution in [0.5, 0.6) is 0 Å². The number of nitrogens with zero attached hydrogens (tertiary/aromatic N) is 2. The fourth-order valence-corrected chi connectivity index (χ4v) is 3.45. The summed E-state index contributed by atoms with van der Waals surface area (Å²) in [4.78, 5) is 15.5. The first-order valence-electron chi connectivity index (χ1n) is 10.2. The van der Waals surface area contributed by atoms with Crippen LogP contribution in [0.25, 0.3) is 0 Å². The van der Waals surface area contributed by atoms with Gasteiger partial charge in [-0.2, -0.15) is 0 Å². The SMILES string of the molecule is CC(=O)NC1CCN(C)CC1.CC(C)N1CCC(NCC(C)(C)O)CC1. The lowest BCUT2D eigenvalue weighted by molar-refractivity contribution is -0.119. The highest BCUT2D eigenvalue weighted by Crippen LogP contribution is 2.13. The predicted octanol–water partition coefficient (Wildman–Crippen LogP) is 1.44. The van der Waals surface area contributed by atoms with Gasteiger partial charge in [-0.1, -0.05) is 0 Å². The molecule has 154 valence electrons. The first-order chi connectivity index (χ1) is 12.1. The number of amides is 1. The van der Waals surface area contributed by atoms with Crippen LogP contribution < -0.4 is 10.6 Å².